The molecule has 0 atom stereocenters. The van der Waals surface area contributed by atoms with E-state index < -0.39 is 5.66 Å². The molecule has 70 valence electrons. The number of nitrogens with zero attached hydrogens (tertiary/aromatic N) is 2. The smallest absolute Gasteiger partial charge is 0.211 e. The van der Waals surface area contributed by atoms with Crippen LogP contribution in [0.1, 0.15) is 6.42 Å². The Morgan fingerprint density at radius 2 is 2.07 bits per heavy atom. The molecule has 0 bridgehead atoms. The van der Waals surface area contributed by atoms with Gasteiger partial charge in [-0.25, -0.2) is 9.59 Å². The molecule has 0 aliphatic heterocycles. The third-order valence-corrected chi connectivity index (χ3v) is 1.90. The van der Waals surface area contributed by atoms with E-state index in [1.807, 2.05) is 0 Å². The molecule has 0 amide bonds. The average Bonchev–Trinajstić information content (AvgIpc) is 2.20. The minimum atomic E-state index is -1.14. The zero-order chi connectivity index (χ0) is 10.4. The summed E-state index contributed by atoms with van der Waals surface area (Å²) in [4.78, 5) is 27.2. The fourth-order valence-electron chi connectivity index (χ4n) is 1.13. The molecule has 0 saturated heterocycles. The minimum absolute atomic E-state index is 0.343. The summed E-state index contributed by atoms with van der Waals surface area (Å²) >= 11 is 0. The molecule has 0 fully saturated rings. The van der Waals surface area contributed by atoms with Crippen LogP contribution in [-0.4, -0.2) is 17.8 Å². The van der Waals surface area contributed by atoms with E-state index in [1.165, 1.54) is 12.2 Å². The molecule has 0 spiro atoms. The van der Waals surface area contributed by atoms with Gasteiger partial charge in [0.2, 0.25) is 12.2 Å². The van der Waals surface area contributed by atoms with E-state index in [0.29, 0.717) is 6.42 Å². The highest BCUT2D eigenvalue weighted by Crippen LogP contribution is 2.25. The number of isocyanates is 2. The van der Waals surface area contributed by atoms with Crippen molar-refractivity contribution >= 4 is 12.2 Å². The third-order valence-electron chi connectivity index (χ3n) is 1.90. The lowest BCUT2D eigenvalue weighted by atomic mass is 9.98. The molecule has 1 aliphatic rings. The van der Waals surface area contributed by atoms with Gasteiger partial charge in [-0.2, -0.15) is 9.98 Å². The van der Waals surface area contributed by atoms with Crippen molar-refractivity contribution in [2.45, 2.75) is 12.1 Å². The van der Waals surface area contributed by atoms with Gasteiger partial charge in [0.25, 0.3) is 0 Å². The first-order chi connectivity index (χ1) is 6.76. The summed E-state index contributed by atoms with van der Waals surface area (Å²) < 4.78 is 0. The number of rotatable bonds is 3. The van der Waals surface area contributed by atoms with Crippen LogP contribution in [-0.2, 0) is 9.59 Å². The van der Waals surface area contributed by atoms with E-state index in [0.717, 1.165) is 5.57 Å². The summed E-state index contributed by atoms with van der Waals surface area (Å²) in [5.41, 5.74) is -0.237. The van der Waals surface area contributed by atoms with Gasteiger partial charge in [0, 0.05) is 6.42 Å². The van der Waals surface area contributed by atoms with Crippen LogP contribution in [0.25, 0.3) is 0 Å². The maximum absolute atomic E-state index is 10.1. The molecule has 14 heavy (non-hydrogen) atoms. The molecule has 0 unspecified atom stereocenters. The molecule has 1 rings (SSSR count). The van der Waals surface area contributed by atoms with Crippen LogP contribution in [0.4, 0.5) is 0 Å². The van der Waals surface area contributed by atoms with Crippen LogP contribution in [0, 0.1) is 0 Å². The first-order valence-corrected chi connectivity index (χ1v) is 3.96. The van der Waals surface area contributed by atoms with Crippen LogP contribution in [0.3, 0.4) is 0 Å². The lowest BCUT2D eigenvalue weighted by Gasteiger charge is -2.19. The Bertz CT molecular complexity index is 376. The number of hydrogen-bond acceptors (Lipinski definition) is 4. The summed E-state index contributed by atoms with van der Waals surface area (Å²) in [5, 5.41) is 0. The van der Waals surface area contributed by atoms with Gasteiger partial charge in [-0.05, 0) is 11.6 Å². The molecular formula is C10H8N2O2. The van der Waals surface area contributed by atoms with Crippen molar-refractivity contribution in [1.29, 1.82) is 0 Å². The Hall–Kier alpha value is -2.02. The first kappa shape index (κ1) is 10.1. The topological polar surface area (TPSA) is 58.9 Å². The summed E-state index contributed by atoms with van der Waals surface area (Å²) in [7, 11) is 0. The molecule has 0 aromatic heterocycles. The Morgan fingerprint density at radius 3 is 2.43 bits per heavy atom. The van der Waals surface area contributed by atoms with Crippen molar-refractivity contribution in [3.8, 4) is 0 Å². The highest BCUT2D eigenvalue weighted by Gasteiger charge is 2.26. The van der Waals surface area contributed by atoms with Crippen molar-refractivity contribution in [1.82, 2.24) is 0 Å². The molecule has 4 nitrogen and oxygen atoms in total. The van der Waals surface area contributed by atoms with E-state index >= 15 is 0 Å². The highest BCUT2D eigenvalue weighted by atomic mass is 16.1. The summed E-state index contributed by atoms with van der Waals surface area (Å²) in [6.07, 6.45) is 9.82. The fraction of sp³-hybridized carbons (Fsp3) is 0.200. The van der Waals surface area contributed by atoms with E-state index in [1.54, 1.807) is 24.3 Å². The van der Waals surface area contributed by atoms with E-state index in [4.69, 9.17) is 0 Å². The van der Waals surface area contributed by atoms with Gasteiger partial charge in [0.1, 0.15) is 0 Å². The Balaban J connectivity index is 3.03. The predicted molar refractivity (Wildman–Crippen MR) is 51.0 cm³/mol. The molecule has 0 radical (unpaired) electrons. The van der Waals surface area contributed by atoms with Crippen molar-refractivity contribution in [3.63, 3.8) is 0 Å². The Morgan fingerprint density at radius 1 is 1.43 bits per heavy atom. The van der Waals surface area contributed by atoms with E-state index in [-0.39, 0.29) is 0 Å². The second-order valence-electron chi connectivity index (χ2n) is 2.73. The van der Waals surface area contributed by atoms with Gasteiger partial charge in [-0.1, -0.05) is 24.8 Å². The SMILES string of the molecule is C=CC1=CCC(N=C=O)(N=C=O)C=C1. The van der Waals surface area contributed by atoms with Crippen molar-refractivity contribution < 1.29 is 9.59 Å². The zero-order valence-electron chi connectivity index (χ0n) is 7.43. The average molecular weight is 188 g/mol. The number of aliphatic imine (C=N–C) groups is 2. The van der Waals surface area contributed by atoms with Gasteiger partial charge in [-0.15, -0.1) is 0 Å². The molecule has 0 aromatic carbocycles. The van der Waals surface area contributed by atoms with Crippen LogP contribution < -0.4 is 0 Å². The van der Waals surface area contributed by atoms with Crippen molar-refractivity contribution in [2.75, 3.05) is 0 Å². The van der Waals surface area contributed by atoms with Crippen molar-refractivity contribution in [3.05, 3.63) is 36.5 Å². The standard InChI is InChI=1S/C10H8N2O2/c1-2-9-3-5-10(6-4-9,11-7-13)12-8-14/h2-5H,1,6H2. The third kappa shape index (κ3) is 2.02. The predicted octanol–water partition coefficient (Wildman–Crippen LogP) is 1.43. The largest absolute Gasteiger partial charge is 0.237 e. The molecule has 0 heterocycles. The van der Waals surface area contributed by atoms with Crippen molar-refractivity contribution in [2.24, 2.45) is 9.98 Å². The van der Waals surface area contributed by atoms with E-state index in [2.05, 4.69) is 16.6 Å². The molecule has 4 heteroatoms. The summed E-state index contributed by atoms with van der Waals surface area (Å²) in [6.45, 7) is 3.59. The Kier molecular flexibility index (Phi) is 3.08. The minimum Gasteiger partial charge on any atom is -0.211 e. The van der Waals surface area contributed by atoms with Gasteiger partial charge >= 0.3 is 0 Å². The van der Waals surface area contributed by atoms with Crippen LogP contribution in [0.5, 0.6) is 0 Å². The molecule has 0 saturated carbocycles. The normalized spacial score (nSPS) is 24.1. The second-order valence-corrected chi connectivity index (χ2v) is 2.73. The van der Waals surface area contributed by atoms with E-state index in [9.17, 15) is 9.59 Å². The van der Waals surface area contributed by atoms with Gasteiger partial charge < -0.3 is 0 Å². The maximum Gasteiger partial charge on any atom is 0.237 e. The van der Waals surface area contributed by atoms with Crippen LogP contribution in [0.2, 0.25) is 0 Å². The number of carbonyl (C=O) groups excluding carboxylic acids is 2. The molecule has 1 aliphatic carbocycles. The summed E-state index contributed by atoms with van der Waals surface area (Å²) in [5.74, 6) is 0. The van der Waals surface area contributed by atoms with Gasteiger partial charge in [0.15, 0.2) is 5.66 Å². The molecule has 0 aromatic rings. The van der Waals surface area contributed by atoms with Crippen LogP contribution >= 0.6 is 0 Å². The maximum atomic E-state index is 10.1. The Labute approximate surface area is 81.1 Å². The number of allylic oxidation sites excluding steroid dienone is 3. The second kappa shape index (κ2) is 4.28. The zero-order valence-corrected chi connectivity index (χ0v) is 7.43. The lowest BCUT2D eigenvalue weighted by molar-refractivity contribution is 0.513. The lowest BCUT2D eigenvalue weighted by Crippen LogP contribution is -2.21. The fourth-order valence-corrected chi connectivity index (χ4v) is 1.13. The highest BCUT2D eigenvalue weighted by molar-refractivity contribution is 5.45. The van der Waals surface area contributed by atoms with Gasteiger partial charge in [-0.3, -0.25) is 0 Å². The number of hydrogen-bond donors (Lipinski definition) is 0. The quantitative estimate of drug-likeness (QED) is 0.496. The summed E-state index contributed by atoms with van der Waals surface area (Å²) in [6, 6.07) is 0. The van der Waals surface area contributed by atoms with Gasteiger partial charge in [0.05, 0.1) is 0 Å². The molecular weight excluding hydrogens is 180 g/mol. The monoisotopic (exact) mass is 188 g/mol. The molecule has 0 N–H and O–H groups in total. The van der Waals surface area contributed by atoms with Crippen LogP contribution in [0.15, 0.2) is 46.4 Å². The first-order valence-electron chi connectivity index (χ1n) is 3.96.